The van der Waals surface area contributed by atoms with Crippen LogP contribution in [0.15, 0.2) is 54.1 Å². The molecule has 37 heavy (non-hydrogen) atoms. The second-order valence-corrected chi connectivity index (χ2v) is 11.1. The van der Waals surface area contributed by atoms with Gasteiger partial charge in [-0.1, -0.05) is 72.7 Å². The van der Waals surface area contributed by atoms with E-state index in [0.717, 1.165) is 24.2 Å². The Morgan fingerprint density at radius 3 is 2.11 bits per heavy atom. The van der Waals surface area contributed by atoms with Crippen LogP contribution in [-0.2, 0) is 15.0 Å². The maximum atomic E-state index is 13.3. The lowest BCUT2D eigenvalue weighted by molar-refractivity contribution is -0.140. The highest BCUT2D eigenvalue weighted by molar-refractivity contribution is 6.46. The molecule has 1 unspecified atom stereocenters. The Morgan fingerprint density at radius 2 is 1.59 bits per heavy atom. The second kappa shape index (κ2) is 12.0. The molecule has 0 aromatic heterocycles. The van der Waals surface area contributed by atoms with Crippen LogP contribution in [0.2, 0.25) is 0 Å². The van der Waals surface area contributed by atoms with Gasteiger partial charge in [-0.3, -0.25) is 9.59 Å². The van der Waals surface area contributed by atoms with E-state index in [2.05, 4.69) is 53.4 Å². The van der Waals surface area contributed by atoms with Crippen molar-refractivity contribution in [2.24, 2.45) is 5.92 Å². The summed E-state index contributed by atoms with van der Waals surface area (Å²) >= 11 is 0. The first-order valence-corrected chi connectivity index (χ1v) is 13.3. The molecule has 1 N–H and O–H groups in total. The van der Waals surface area contributed by atoms with Gasteiger partial charge in [0, 0.05) is 18.7 Å². The van der Waals surface area contributed by atoms with Crippen LogP contribution in [0, 0.1) is 5.92 Å². The number of carbonyl (C=O) groups is 2. The molecule has 1 aliphatic rings. The van der Waals surface area contributed by atoms with Gasteiger partial charge in [-0.2, -0.15) is 0 Å². The second-order valence-electron chi connectivity index (χ2n) is 11.1. The summed E-state index contributed by atoms with van der Waals surface area (Å²) in [6.45, 7) is 18.1. The van der Waals surface area contributed by atoms with Crippen LogP contribution in [-0.4, -0.2) is 59.4 Å². The van der Waals surface area contributed by atoms with E-state index < -0.39 is 17.7 Å². The zero-order valence-electron chi connectivity index (χ0n) is 23.4. The summed E-state index contributed by atoms with van der Waals surface area (Å²) in [4.78, 5) is 30.4. The van der Waals surface area contributed by atoms with E-state index in [1.807, 2.05) is 24.3 Å². The summed E-state index contributed by atoms with van der Waals surface area (Å²) in [6, 6.07) is 14.4. The molecule has 0 saturated carbocycles. The number of rotatable bonds is 10. The van der Waals surface area contributed by atoms with Gasteiger partial charge in [0.05, 0.1) is 18.2 Å². The molecule has 3 rings (SSSR count). The van der Waals surface area contributed by atoms with Crippen molar-refractivity contribution in [1.29, 1.82) is 0 Å². The first-order chi connectivity index (χ1) is 17.5. The number of ether oxygens (including phenoxy) is 1. The van der Waals surface area contributed by atoms with Crippen LogP contribution in [0.3, 0.4) is 0 Å². The number of benzene rings is 2. The lowest BCUT2D eigenvalue weighted by Gasteiger charge is -2.28. The smallest absolute Gasteiger partial charge is 0.295 e. The Kier molecular flexibility index (Phi) is 9.19. The molecule has 2 aromatic rings. The van der Waals surface area contributed by atoms with Gasteiger partial charge in [-0.15, -0.1) is 0 Å². The fourth-order valence-electron chi connectivity index (χ4n) is 4.54. The third kappa shape index (κ3) is 6.61. The van der Waals surface area contributed by atoms with Gasteiger partial charge in [0.1, 0.15) is 11.5 Å². The molecule has 200 valence electrons. The standard InChI is InChI=1S/C31H42N2O4/c1-8-32(9-2)18-19-33-27(22-10-14-24(15-11-22)31(5,6)7)26(29(35)30(33)36)28(34)23-12-16-25(17-13-23)37-20-21(3)4/h10-17,21,27,34H,8-9,18-20H2,1-7H3/b28-26-. The number of likely N-dealkylation sites (N-methyl/N-ethyl adjacent to an activating group) is 1. The minimum atomic E-state index is -0.651. The van der Waals surface area contributed by atoms with Crippen molar-refractivity contribution in [2.75, 3.05) is 32.8 Å². The zero-order chi connectivity index (χ0) is 27.3. The normalized spacial score (nSPS) is 17.8. The molecule has 6 nitrogen and oxygen atoms in total. The topological polar surface area (TPSA) is 70.1 Å². The maximum Gasteiger partial charge on any atom is 0.295 e. The average molecular weight is 507 g/mol. The third-order valence-corrected chi connectivity index (χ3v) is 6.90. The SMILES string of the molecule is CCN(CC)CCN1C(=O)C(=O)/C(=C(\O)c2ccc(OCC(C)C)cc2)C1c1ccc(C(C)(C)C)cc1. The van der Waals surface area contributed by atoms with E-state index in [0.29, 0.717) is 36.9 Å². The van der Waals surface area contributed by atoms with Crippen LogP contribution in [0.4, 0.5) is 0 Å². The highest BCUT2D eigenvalue weighted by Gasteiger charge is 2.46. The van der Waals surface area contributed by atoms with Crippen LogP contribution < -0.4 is 4.74 Å². The summed E-state index contributed by atoms with van der Waals surface area (Å²) < 4.78 is 5.76. The molecular weight excluding hydrogens is 464 g/mol. The van der Waals surface area contributed by atoms with Crippen molar-refractivity contribution in [2.45, 2.75) is 59.9 Å². The van der Waals surface area contributed by atoms with Crippen molar-refractivity contribution in [1.82, 2.24) is 9.80 Å². The van der Waals surface area contributed by atoms with Crippen LogP contribution in [0.25, 0.3) is 5.76 Å². The third-order valence-electron chi connectivity index (χ3n) is 6.90. The molecule has 6 heteroatoms. The Hall–Kier alpha value is -3.12. The number of aliphatic hydroxyl groups is 1. The summed E-state index contributed by atoms with van der Waals surface area (Å²) in [7, 11) is 0. The quantitative estimate of drug-likeness (QED) is 0.251. The number of hydrogen-bond acceptors (Lipinski definition) is 5. The number of hydrogen-bond donors (Lipinski definition) is 1. The highest BCUT2D eigenvalue weighted by atomic mass is 16.5. The molecule has 1 heterocycles. The first kappa shape index (κ1) is 28.5. The van der Waals surface area contributed by atoms with Gasteiger partial charge in [-0.25, -0.2) is 0 Å². The van der Waals surface area contributed by atoms with Gasteiger partial charge in [0.15, 0.2) is 0 Å². The molecule has 0 aliphatic carbocycles. The van der Waals surface area contributed by atoms with Gasteiger partial charge in [0.2, 0.25) is 0 Å². The number of aliphatic hydroxyl groups excluding tert-OH is 1. The molecule has 0 radical (unpaired) electrons. The van der Waals surface area contributed by atoms with E-state index >= 15 is 0 Å². The predicted octanol–water partition coefficient (Wildman–Crippen LogP) is 5.78. The molecule has 1 atom stereocenters. The fraction of sp³-hybridized carbons (Fsp3) is 0.484. The monoisotopic (exact) mass is 506 g/mol. The molecular formula is C31H42N2O4. The van der Waals surface area contributed by atoms with Crippen LogP contribution >= 0.6 is 0 Å². The van der Waals surface area contributed by atoms with Gasteiger partial charge < -0.3 is 19.6 Å². The number of nitrogens with zero attached hydrogens (tertiary/aromatic N) is 2. The number of ketones is 1. The van der Waals surface area contributed by atoms with E-state index in [4.69, 9.17) is 4.74 Å². The molecule has 2 aromatic carbocycles. The summed E-state index contributed by atoms with van der Waals surface area (Å²) in [6.07, 6.45) is 0. The Bertz CT molecular complexity index is 1110. The highest BCUT2D eigenvalue weighted by Crippen LogP contribution is 2.40. The Morgan fingerprint density at radius 1 is 1.00 bits per heavy atom. The molecule has 1 amide bonds. The fourth-order valence-corrected chi connectivity index (χ4v) is 4.54. The summed E-state index contributed by atoms with van der Waals surface area (Å²) in [5.74, 6) is -0.300. The van der Waals surface area contributed by atoms with Gasteiger partial charge >= 0.3 is 0 Å². The predicted molar refractivity (Wildman–Crippen MR) is 149 cm³/mol. The average Bonchev–Trinajstić information content (AvgIpc) is 3.12. The largest absolute Gasteiger partial charge is 0.507 e. The maximum absolute atomic E-state index is 13.3. The van der Waals surface area contributed by atoms with Crippen LogP contribution in [0.1, 0.15) is 71.2 Å². The molecule has 1 aliphatic heterocycles. The Labute approximate surface area is 221 Å². The number of Topliss-reactive ketones (excluding diaryl/α,β-unsaturated/α-hetero) is 1. The molecule has 1 saturated heterocycles. The molecule has 0 bridgehead atoms. The van der Waals surface area contributed by atoms with E-state index in [9.17, 15) is 14.7 Å². The molecule has 0 spiro atoms. The summed E-state index contributed by atoms with van der Waals surface area (Å²) in [5.41, 5.74) is 2.56. The van der Waals surface area contributed by atoms with Crippen molar-refractivity contribution in [3.05, 3.63) is 70.8 Å². The van der Waals surface area contributed by atoms with Crippen LogP contribution in [0.5, 0.6) is 5.75 Å². The zero-order valence-corrected chi connectivity index (χ0v) is 23.4. The number of carbonyl (C=O) groups excluding carboxylic acids is 2. The van der Waals surface area contributed by atoms with Gasteiger partial charge in [-0.05, 0) is 59.8 Å². The van der Waals surface area contributed by atoms with Gasteiger partial charge in [0.25, 0.3) is 11.7 Å². The number of likely N-dealkylation sites (tertiary alicyclic amines) is 1. The minimum absolute atomic E-state index is 0.0253. The minimum Gasteiger partial charge on any atom is -0.507 e. The first-order valence-electron chi connectivity index (χ1n) is 13.3. The number of amides is 1. The summed E-state index contributed by atoms with van der Waals surface area (Å²) in [5, 5.41) is 11.3. The van der Waals surface area contributed by atoms with Crippen molar-refractivity contribution >= 4 is 17.4 Å². The van der Waals surface area contributed by atoms with E-state index in [-0.39, 0.29) is 16.7 Å². The Balaban J connectivity index is 2.04. The van der Waals surface area contributed by atoms with E-state index in [1.54, 1.807) is 29.2 Å². The van der Waals surface area contributed by atoms with E-state index in [1.165, 1.54) is 0 Å². The lowest BCUT2D eigenvalue weighted by Crippen LogP contribution is -2.38. The lowest BCUT2D eigenvalue weighted by atomic mass is 9.85. The van der Waals surface area contributed by atoms with Crippen molar-refractivity contribution < 1.29 is 19.4 Å². The van der Waals surface area contributed by atoms with Crippen molar-refractivity contribution in [3.8, 4) is 5.75 Å². The van der Waals surface area contributed by atoms with Crippen molar-refractivity contribution in [3.63, 3.8) is 0 Å². The molecule has 1 fully saturated rings.